The van der Waals surface area contributed by atoms with E-state index in [2.05, 4.69) is 5.32 Å². The van der Waals surface area contributed by atoms with Gasteiger partial charge in [0.2, 0.25) is 0 Å². The first-order valence-electron chi connectivity index (χ1n) is 8.27. The third-order valence-corrected chi connectivity index (χ3v) is 4.14. The maximum absolute atomic E-state index is 13.2. The van der Waals surface area contributed by atoms with Crippen molar-refractivity contribution in [3.8, 4) is 11.8 Å². The third-order valence-electron chi connectivity index (χ3n) is 4.14. The van der Waals surface area contributed by atoms with E-state index < -0.39 is 11.7 Å². The van der Waals surface area contributed by atoms with E-state index in [9.17, 15) is 18.0 Å². The summed E-state index contributed by atoms with van der Waals surface area (Å²) in [6.07, 6.45) is -4.12. The van der Waals surface area contributed by atoms with Gasteiger partial charge >= 0.3 is 6.18 Å². The van der Waals surface area contributed by atoms with Gasteiger partial charge < -0.3 is 15.0 Å². The van der Waals surface area contributed by atoms with Crippen molar-refractivity contribution in [2.45, 2.75) is 12.6 Å². The zero-order chi connectivity index (χ0) is 19.4. The molecule has 1 N–H and O–H groups in total. The zero-order valence-corrected chi connectivity index (χ0v) is 14.2. The molecule has 1 amide bonds. The van der Waals surface area contributed by atoms with Gasteiger partial charge in [0.1, 0.15) is 5.75 Å². The molecule has 8 heteroatoms. The number of nitrogens with one attached hydrogen (secondary N) is 1. The highest BCUT2D eigenvalue weighted by molar-refractivity contribution is 5.97. The molecule has 0 bridgehead atoms. The van der Waals surface area contributed by atoms with Gasteiger partial charge in [-0.1, -0.05) is 12.1 Å². The number of hydrogen-bond acceptors (Lipinski definition) is 4. The van der Waals surface area contributed by atoms with Gasteiger partial charge in [0.05, 0.1) is 22.9 Å². The van der Waals surface area contributed by atoms with Crippen LogP contribution in [0.5, 0.6) is 5.75 Å². The lowest BCUT2D eigenvalue weighted by molar-refractivity contribution is -0.137. The van der Waals surface area contributed by atoms with Crippen LogP contribution in [-0.4, -0.2) is 25.6 Å². The summed E-state index contributed by atoms with van der Waals surface area (Å²) in [7, 11) is 0. The number of para-hydroxylation sites is 2. The molecule has 1 aliphatic rings. The molecule has 0 aliphatic carbocycles. The number of fused-ring (bicyclic) bond motifs is 1. The van der Waals surface area contributed by atoms with Gasteiger partial charge in [0, 0.05) is 18.8 Å². The van der Waals surface area contributed by atoms with E-state index in [1.165, 1.54) is 12.1 Å². The maximum Gasteiger partial charge on any atom is 0.418 e. The highest BCUT2D eigenvalue weighted by Gasteiger charge is 2.34. The number of anilines is 2. The van der Waals surface area contributed by atoms with Crippen molar-refractivity contribution in [1.29, 1.82) is 5.26 Å². The second-order valence-corrected chi connectivity index (χ2v) is 5.95. The second-order valence-electron chi connectivity index (χ2n) is 5.95. The van der Waals surface area contributed by atoms with Gasteiger partial charge in [-0.15, -0.1) is 0 Å². The SMILES string of the molecule is N#Cc1ccc(NCCCN2C(=O)COc3ccccc32)c(C(F)(F)F)c1. The molecule has 5 nitrogen and oxygen atoms in total. The topological polar surface area (TPSA) is 65.4 Å². The second kappa shape index (κ2) is 7.58. The number of hydrogen-bond donors (Lipinski definition) is 1. The molecule has 0 unspecified atom stereocenters. The molecule has 0 radical (unpaired) electrons. The average Bonchev–Trinajstić information content (AvgIpc) is 2.65. The summed E-state index contributed by atoms with van der Waals surface area (Å²) in [4.78, 5) is 13.7. The Labute approximate surface area is 154 Å². The maximum atomic E-state index is 13.2. The standard InChI is InChI=1S/C19H16F3N3O2/c20-19(21,22)14-10-13(11-23)6-7-15(14)24-8-3-9-25-16-4-1-2-5-17(16)27-12-18(25)26/h1-2,4-7,10,24H,3,8-9,12H2. The Bertz CT molecular complexity index is 890. The molecule has 140 valence electrons. The van der Waals surface area contributed by atoms with Gasteiger partial charge in [-0.25, -0.2) is 0 Å². The van der Waals surface area contributed by atoms with Crippen LogP contribution in [0, 0.1) is 11.3 Å². The van der Waals surface area contributed by atoms with E-state index in [1.807, 2.05) is 0 Å². The van der Waals surface area contributed by atoms with Gasteiger partial charge in [-0.3, -0.25) is 4.79 Å². The highest BCUT2D eigenvalue weighted by Crippen LogP contribution is 2.35. The Kier molecular flexibility index (Phi) is 5.21. The molecule has 1 heterocycles. The first-order chi connectivity index (χ1) is 12.9. The van der Waals surface area contributed by atoms with Gasteiger partial charge in [0.15, 0.2) is 6.61 Å². The number of carbonyl (C=O) groups excluding carboxylic acids is 1. The fourth-order valence-corrected chi connectivity index (χ4v) is 2.86. The molecule has 3 rings (SSSR count). The summed E-state index contributed by atoms with van der Waals surface area (Å²) in [6, 6.07) is 12.2. The molecule has 0 fully saturated rings. The lowest BCUT2D eigenvalue weighted by Gasteiger charge is -2.29. The molecule has 0 atom stereocenters. The summed E-state index contributed by atoms with van der Waals surface area (Å²) in [5.41, 5.74) is -0.365. The van der Waals surface area contributed by atoms with Crippen molar-refractivity contribution in [2.24, 2.45) is 0 Å². The van der Waals surface area contributed by atoms with Crippen molar-refractivity contribution in [1.82, 2.24) is 0 Å². The molecule has 0 saturated carbocycles. The normalized spacial score (nSPS) is 13.6. The Balaban J connectivity index is 1.65. The number of carbonyl (C=O) groups is 1. The Morgan fingerprint density at radius 3 is 2.74 bits per heavy atom. The summed E-state index contributed by atoms with van der Waals surface area (Å²) in [6.45, 7) is 0.532. The summed E-state index contributed by atoms with van der Waals surface area (Å²) in [5, 5.41) is 11.5. The first-order valence-corrected chi connectivity index (χ1v) is 8.27. The van der Waals surface area contributed by atoms with E-state index >= 15 is 0 Å². The number of benzene rings is 2. The number of halogens is 3. The van der Waals surface area contributed by atoms with Gasteiger partial charge in [-0.2, -0.15) is 18.4 Å². The fourth-order valence-electron chi connectivity index (χ4n) is 2.86. The Hall–Kier alpha value is -3.21. The molecule has 0 aromatic heterocycles. The lowest BCUT2D eigenvalue weighted by atomic mass is 10.1. The minimum atomic E-state index is -4.56. The van der Waals surface area contributed by atoms with Gasteiger partial charge in [0.25, 0.3) is 5.91 Å². The van der Waals surface area contributed by atoms with Crippen LogP contribution >= 0.6 is 0 Å². The molecular weight excluding hydrogens is 359 g/mol. The summed E-state index contributed by atoms with van der Waals surface area (Å²) in [5.74, 6) is 0.416. The van der Waals surface area contributed by atoms with Crippen LogP contribution in [0.3, 0.4) is 0 Å². The van der Waals surface area contributed by atoms with Crippen LogP contribution in [0.15, 0.2) is 42.5 Å². The zero-order valence-electron chi connectivity index (χ0n) is 14.2. The molecule has 0 saturated heterocycles. The smallest absolute Gasteiger partial charge is 0.418 e. The number of alkyl halides is 3. The molecule has 2 aromatic carbocycles. The highest BCUT2D eigenvalue weighted by atomic mass is 19.4. The number of ether oxygens (including phenoxy) is 1. The minimum Gasteiger partial charge on any atom is -0.482 e. The predicted molar refractivity (Wildman–Crippen MR) is 93.6 cm³/mol. The molecular formula is C19H16F3N3O2. The summed E-state index contributed by atoms with van der Waals surface area (Å²) < 4.78 is 44.9. The van der Waals surface area contributed by atoms with Crippen LogP contribution in [0.4, 0.5) is 24.5 Å². The first kappa shape index (κ1) is 18.6. The van der Waals surface area contributed by atoms with E-state index in [0.717, 1.165) is 6.07 Å². The largest absolute Gasteiger partial charge is 0.482 e. The van der Waals surface area contributed by atoms with Crippen molar-refractivity contribution < 1.29 is 22.7 Å². The van der Waals surface area contributed by atoms with Gasteiger partial charge in [-0.05, 0) is 36.8 Å². The van der Waals surface area contributed by atoms with E-state index in [0.29, 0.717) is 24.4 Å². The lowest BCUT2D eigenvalue weighted by Crippen LogP contribution is -2.39. The quantitative estimate of drug-likeness (QED) is 0.808. The van der Waals surface area contributed by atoms with E-state index in [-0.39, 0.29) is 30.3 Å². The van der Waals surface area contributed by atoms with Crippen LogP contribution in [0.25, 0.3) is 0 Å². The van der Waals surface area contributed by atoms with Crippen LogP contribution in [0.2, 0.25) is 0 Å². The van der Waals surface area contributed by atoms with Crippen molar-refractivity contribution in [2.75, 3.05) is 29.9 Å². The monoisotopic (exact) mass is 375 g/mol. The number of nitriles is 1. The Morgan fingerprint density at radius 2 is 2.00 bits per heavy atom. The third kappa shape index (κ3) is 4.14. The van der Waals surface area contributed by atoms with Crippen LogP contribution in [0.1, 0.15) is 17.5 Å². The van der Waals surface area contributed by atoms with Crippen molar-refractivity contribution in [3.05, 3.63) is 53.6 Å². The fraction of sp³-hybridized carbons (Fsp3) is 0.263. The number of rotatable bonds is 5. The summed E-state index contributed by atoms with van der Waals surface area (Å²) >= 11 is 0. The average molecular weight is 375 g/mol. The number of amides is 1. The number of nitrogens with zero attached hydrogens (tertiary/aromatic N) is 2. The Morgan fingerprint density at radius 1 is 1.22 bits per heavy atom. The predicted octanol–water partition coefficient (Wildman–Crippen LogP) is 3.80. The molecule has 1 aliphatic heterocycles. The molecule has 2 aromatic rings. The molecule has 0 spiro atoms. The van der Waals surface area contributed by atoms with Crippen LogP contribution in [-0.2, 0) is 11.0 Å². The molecule has 27 heavy (non-hydrogen) atoms. The van der Waals surface area contributed by atoms with E-state index in [4.69, 9.17) is 10.00 Å². The van der Waals surface area contributed by atoms with Crippen LogP contribution < -0.4 is 15.0 Å². The minimum absolute atomic E-state index is 0.0524. The van der Waals surface area contributed by atoms with E-state index in [1.54, 1.807) is 35.2 Å². The van der Waals surface area contributed by atoms with Crippen molar-refractivity contribution >= 4 is 17.3 Å². The van der Waals surface area contributed by atoms with Crippen molar-refractivity contribution in [3.63, 3.8) is 0 Å².